The molecule has 0 aliphatic carbocycles. The minimum Gasteiger partial charge on any atom is -0.444 e. The standard InChI is InChI=1S/C21H31N3O2/c1-7-8-17-13-18(14-22)16(3)19(15(17)2)23-9-11-24(12-10-23)20(25)26-21(4,5)6/h1,13H,8-12,14,22H2,2-6H3. The molecule has 1 aromatic rings. The number of ether oxygens (including phenoxy) is 1. The first-order valence-electron chi connectivity index (χ1n) is 9.16. The van der Waals surface area contributed by atoms with Crippen LogP contribution in [0.2, 0.25) is 0 Å². The first-order chi connectivity index (χ1) is 12.2. The average molecular weight is 357 g/mol. The molecule has 5 heteroatoms. The van der Waals surface area contributed by atoms with Gasteiger partial charge in [0.15, 0.2) is 0 Å². The molecule has 0 atom stereocenters. The van der Waals surface area contributed by atoms with Crippen molar-refractivity contribution in [1.82, 2.24) is 4.90 Å². The Morgan fingerprint density at radius 2 is 1.77 bits per heavy atom. The molecular weight excluding hydrogens is 326 g/mol. The zero-order chi connectivity index (χ0) is 19.5. The number of hydrogen-bond acceptors (Lipinski definition) is 4. The van der Waals surface area contributed by atoms with Crippen molar-refractivity contribution in [2.24, 2.45) is 5.73 Å². The van der Waals surface area contributed by atoms with Crippen LogP contribution in [0.1, 0.15) is 43.0 Å². The smallest absolute Gasteiger partial charge is 0.410 e. The molecule has 142 valence electrons. The summed E-state index contributed by atoms with van der Waals surface area (Å²) in [7, 11) is 0. The molecule has 0 saturated carbocycles. The Labute approximate surface area is 157 Å². The van der Waals surface area contributed by atoms with Crippen LogP contribution in [-0.2, 0) is 17.7 Å². The summed E-state index contributed by atoms with van der Waals surface area (Å²) in [5, 5.41) is 0. The fraction of sp³-hybridized carbons (Fsp3) is 0.571. The van der Waals surface area contributed by atoms with Crippen LogP contribution in [0.4, 0.5) is 10.5 Å². The summed E-state index contributed by atoms with van der Waals surface area (Å²) < 4.78 is 5.48. The van der Waals surface area contributed by atoms with Crippen LogP contribution in [-0.4, -0.2) is 42.8 Å². The zero-order valence-corrected chi connectivity index (χ0v) is 16.7. The van der Waals surface area contributed by atoms with E-state index >= 15 is 0 Å². The molecular formula is C21H31N3O2. The lowest BCUT2D eigenvalue weighted by molar-refractivity contribution is 0.0240. The van der Waals surface area contributed by atoms with Crippen LogP contribution in [0.15, 0.2) is 6.07 Å². The Morgan fingerprint density at radius 1 is 1.19 bits per heavy atom. The van der Waals surface area contributed by atoms with Gasteiger partial charge < -0.3 is 20.3 Å². The molecule has 1 heterocycles. The highest BCUT2D eigenvalue weighted by Gasteiger charge is 2.27. The largest absolute Gasteiger partial charge is 0.444 e. The van der Waals surface area contributed by atoms with Crippen molar-refractivity contribution in [3.63, 3.8) is 0 Å². The van der Waals surface area contributed by atoms with Crippen LogP contribution in [0.25, 0.3) is 0 Å². The predicted molar refractivity (Wildman–Crippen MR) is 106 cm³/mol. The quantitative estimate of drug-likeness (QED) is 0.845. The van der Waals surface area contributed by atoms with Crippen LogP contribution in [0.5, 0.6) is 0 Å². The highest BCUT2D eigenvalue weighted by molar-refractivity contribution is 5.69. The fourth-order valence-electron chi connectivity index (χ4n) is 3.43. The third-order valence-corrected chi connectivity index (χ3v) is 4.78. The third kappa shape index (κ3) is 4.50. The normalized spacial score (nSPS) is 15.0. The SMILES string of the molecule is C#CCc1cc(CN)c(C)c(N2CCN(C(=O)OC(C)(C)C)CC2)c1C. The molecule has 0 unspecified atom stereocenters. The summed E-state index contributed by atoms with van der Waals surface area (Å²) in [6.07, 6.45) is 5.90. The molecule has 0 radical (unpaired) electrons. The van der Waals surface area contributed by atoms with Gasteiger partial charge in [0.1, 0.15) is 5.60 Å². The molecule has 0 bridgehead atoms. The minimum atomic E-state index is -0.471. The number of amides is 1. The molecule has 1 aliphatic rings. The number of nitrogens with zero attached hydrogens (tertiary/aromatic N) is 2. The van der Waals surface area contributed by atoms with Crippen molar-refractivity contribution in [2.75, 3.05) is 31.1 Å². The van der Waals surface area contributed by atoms with Crippen LogP contribution < -0.4 is 10.6 Å². The van der Waals surface area contributed by atoms with E-state index in [1.165, 1.54) is 16.8 Å². The number of anilines is 1. The van der Waals surface area contributed by atoms with Gasteiger partial charge in [-0.25, -0.2) is 4.79 Å². The summed E-state index contributed by atoms with van der Waals surface area (Å²) in [6, 6.07) is 2.13. The van der Waals surface area contributed by atoms with Crippen molar-refractivity contribution in [3.05, 3.63) is 28.3 Å². The second-order valence-electron chi connectivity index (χ2n) is 7.83. The zero-order valence-electron chi connectivity index (χ0n) is 16.7. The number of benzene rings is 1. The molecule has 2 rings (SSSR count). The molecule has 1 aliphatic heterocycles. The van der Waals surface area contributed by atoms with E-state index in [0.29, 0.717) is 26.1 Å². The maximum Gasteiger partial charge on any atom is 0.410 e. The highest BCUT2D eigenvalue weighted by Crippen LogP contribution is 2.32. The van der Waals surface area contributed by atoms with Crippen LogP contribution in [0.3, 0.4) is 0 Å². The van der Waals surface area contributed by atoms with Gasteiger partial charge in [0, 0.05) is 44.8 Å². The Morgan fingerprint density at radius 3 is 2.27 bits per heavy atom. The van der Waals surface area contributed by atoms with Gasteiger partial charge >= 0.3 is 6.09 Å². The summed E-state index contributed by atoms with van der Waals surface area (Å²) in [4.78, 5) is 16.4. The Hall–Kier alpha value is -2.19. The van der Waals surface area contributed by atoms with Crippen LogP contribution in [0, 0.1) is 26.2 Å². The van der Waals surface area contributed by atoms with Gasteiger partial charge in [-0.3, -0.25) is 0 Å². The van der Waals surface area contributed by atoms with Gasteiger partial charge in [0.2, 0.25) is 0 Å². The van der Waals surface area contributed by atoms with E-state index in [0.717, 1.165) is 24.2 Å². The molecule has 1 saturated heterocycles. The van der Waals surface area contributed by atoms with Gasteiger partial charge in [-0.2, -0.15) is 0 Å². The second-order valence-corrected chi connectivity index (χ2v) is 7.83. The average Bonchev–Trinajstić information content (AvgIpc) is 2.56. The van der Waals surface area contributed by atoms with Crippen molar-refractivity contribution in [2.45, 2.75) is 53.2 Å². The van der Waals surface area contributed by atoms with Crippen molar-refractivity contribution in [3.8, 4) is 12.3 Å². The van der Waals surface area contributed by atoms with Gasteiger partial charge in [0.25, 0.3) is 0 Å². The van der Waals surface area contributed by atoms with E-state index in [2.05, 4.69) is 30.7 Å². The summed E-state index contributed by atoms with van der Waals surface area (Å²) in [5.74, 6) is 2.74. The van der Waals surface area contributed by atoms with Gasteiger partial charge in [-0.15, -0.1) is 12.3 Å². The first kappa shape index (κ1) is 20.1. The molecule has 0 spiro atoms. The van der Waals surface area contributed by atoms with Crippen LogP contribution >= 0.6 is 0 Å². The minimum absolute atomic E-state index is 0.241. The highest BCUT2D eigenvalue weighted by atomic mass is 16.6. The summed E-state index contributed by atoms with van der Waals surface area (Å²) in [5.41, 5.74) is 11.4. The number of rotatable bonds is 3. The summed E-state index contributed by atoms with van der Waals surface area (Å²) >= 11 is 0. The predicted octanol–water partition coefficient (Wildman–Crippen LogP) is 2.99. The third-order valence-electron chi connectivity index (χ3n) is 4.78. The maximum absolute atomic E-state index is 12.3. The van der Waals surface area contributed by atoms with E-state index in [1.54, 1.807) is 4.90 Å². The molecule has 1 amide bonds. The molecule has 0 aromatic heterocycles. The van der Waals surface area contributed by atoms with E-state index < -0.39 is 5.60 Å². The molecule has 26 heavy (non-hydrogen) atoms. The molecule has 5 nitrogen and oxygen atoms in total. The van der Waals surface area contributed by atoms with E-state index in [1.807, 2.05) is 20.8 Å². The number of hydrogen-bond donors (Lipinski definition) is 1. The second kappa shape index (κ2) is 8.01. The number of carbonyl (C=O) groups excluding carboxylic acids is 1. The van der Waals surface area contributed by atoms with E-state index in [9.17, 15) is 4.79 Å². The lowest BCUT2D eigenvalue weighted by Crippen LogP contribution is -2.50. The molecule has 1 fully saturated rings. The maximum atomic E-state index is 12.3. The van der Waals surface area contributed by atoms with Gasteiger partial charge in [-0.1, -0.05) is 6.07 Å². The van der Waals surface area contributed by atoms with E-state index in [-0.39, 0.29) is 6.09 Å². The van der Waals surface area contributed by atoms with Crippen molar-refractivity contribution < 1.29 is 9.53 Å². The number of piperazine rings is 1. The fourth-order valence-corrected chi connectivity index (χ4v) is 3.43. The van der Waals surface area contributed by atoms with Gasteiger partial charge in [0.05, 0.1) is 0 Å². The summed E-state index contributed by atoms with van der Waals surface area (Å²) in [6.45, 7) is 13.2. The van der Waals surface area contributed by atoms with E-state index in [4.69, 9.17) is 16.9 Å². The first-order valence-corrected chi connectivity index (χ1v) is 9.16. The van der Waals surface area contributed by atoms with Crippen molar-refractivity contribution >= 4 is 11.8 Å². The lowest BCUT2D eigenvalue weighted by Gasteiger charge is -2.38. The topological polar surface area (TPSA) is 58.8 Å². The number of carbonyl (C=O) groups is 1. The van der Waals surface area contributed by atoms with Crippen molar-refractivity contribution in [1.29, 1.82) is 0 Å². The molecule has 1 aromatic carbocycles. The monoisotopic (exact) mass is 357 g/mol. The number of terminal acetylenes is 1. The van der Waals surface area contributed by atoms with Gasteiger partial charge in [-0.05, 0) is 56.9 Å². The number of nitrogens with two attached hydrogens (primary N) is 1. The Kier molecular flexibility index (Phi) is 6.20. The Balaban J connectivity index is 2.20. The lowest BCUT2D eigenvalue weighted by atomic mass is 9.94. The Bertz CT molecular complexity index is 705. The molecule has 2 N–H and O–H groups in total.